The topological polar surface area (TPSA) is 53.1 Å². The third kappa shape index (κ3) is 4.41. The Balaban J connectivity index is 1.56. The molecule has 0 radical (unpaired) electrons. The lowest BCUT2D eigenvalue weighted by Crippen LogP contribution is -2.54. The summed E-state index contributed by atoms with van der Waals surface area (Å²) in [6.45, 7) is 14.3. The Hall–Kier alpha value is -1.30. The molecule has 0 aromatic carbocycles. The van der Waals surface area contributed by atoms with Gasteiger partial charge in [0.25, 0.3) is 0 Å². The van der Waals surface area contributed by atoms with Crippen LogP contribution in [0.15, 0.2) is 0 Å². The van der Waals surface area contributed by atoms with Crippen molar-refractivity contribution < 1.29 is 14.3 Å². The van der Waals surface area contributed by atoms with Crippen LogP contribution in [-0.2, 0) is 9.53 Å². The third-order valence-corrected chi connectivity index (χ3v) is 6.41. The molecule has 1 spiro atoms. The summed E-state index contributed by atoms with van der Waals surface area (Å²) in [7, 11) is 0. The van der Waals surface area contributed by atoms with Crippen LogP contribution >= 0.6 is 0 Å². The summed E-state index contributed by atoms with van der Waals surface area (Å²) in [5.41, 5.74) is -0.608. The smallest absolute Gasteiger partial charge is 0.410 e. The third-order valence-electron chi connectivity index (χ3n) is 6.41. The molecule has 0 N–H and O–H groups in total. The van der Waals surface area contributed by atoms with Gasteiger partial charge in [-0.05, 0) is 73.3 Å². The van der Waals surface area contributed by atoms with E-state index in [1.165, 1.54) is 0 Å². The van der Waals surface area contributed by atoms with Crippen molar-refractivity contribution in [2.75, 3.05) is 32.7 Å². The predicted octanol–water partition coefficient (Wildman–Crippen LogP) is 3.11. The number of hydrogen-bond donors (Lipinski definition) is 0. The lowest BCUT2D eigenvalue weighted by atomic mass is 9.77. The summed E-state index contributed by atoms with van der Waals surface area (Å²) >= 11 is 0. The first-order valence-corrected chi connectivity index (χ1v) is 10.6. The predicted molar refractivity (Wildman–Crippen MR) is 106 cm³/mol. The van der Waals surface area contributed by atoms with Crippen molar-refractivity contribution >= 4 is 12.0 Å². The van der Waals surface area contributed by atoms with Crippen molar-refractivity contribution in [2.24, 2.45) is 5.41 Å². The first-order valence-electron chi connectivity index (χ1n) is 10.6. The number of carbonyl (C=O) groups is 2. The zero-order chi connectivity index (χ0) is 19.8. The molecule has 1 atom stereocenters. The Morgan fingerprint density at radius 1 is 1.11 bits per heavy atom. The van der Waals surface area contributed by atoms with Crippen LogP contribution in [-0.4, -0.2) is 77.1 Å². The number of amides is 2. The molecule has 3 heterocycles. The molecule has 3 saturated heterocycles. The van der Waals surface area contributed by atoms with E-state index < -0.39 is 5.60 Å². The van der Waals surface area contributed by atoms with Crippen molar-refractivity contribution in [1.29, 1.82) is 0 Å². The lowest BCUT2D eigenvalue weighted by molar-refractivity contribution is -0.140. The van der Waals surface area contributed by atoms with Crippen LogP contribution in [0.2, 0.25) is 0 Å². The van der Waals surface area contributed by atoms with Gasteiger partial charge in [-0.25, -0.2) is 4.79 Å². The van der Waals surface area contributed by atoms with E-state index in [0.717, 1.165) is 64.8 Å². The minimum atomic E-state index is -0.446. The van der Waals surface area contributed by atoms with Gasteiger partial charge in [0.05, 0.1) is 5.41 Å². The minimum absolute atomic E-state index is 0.162. The molecule has 3 fully saturated rings. The second-order valence-electron chi connectivity index (χ2n) is 9.90. The Bertz CT molecular complexity index is 564. The van der Waals surface area contributed by atoms with Gasteiger partial charge < -0.3 is 14.5 Å². The number of likely N-dealkylation sites (tertiary alicyclic amines) is 3. The molecule has 6 nitrogen and oxygen atoms in total. The van der Waals surface area contributed by atoms with Gasteiger partial charge in [0.1, 0.15) is 5.60 Å². The van der Waals surface area contributed by atoms with E-state index in [0.29, 0.717) is 18.0 Å². The van der Waals surface area contributed by atoms with Gasteiger partial charge in [-0.3, -0.25) is 9.69 Å². The van der Waals surface area contributed by atoms with Gasteiger partial charge in [-0.15, -0.1) is 0 Å². The average molecular weight is 380 g/mol. The summed E-state index contributed by atoms with van der Waals surface area (Å²) in [5.74, 6) is 0.369. The quantitative estimate of drug-likeness (QED) is 0.740. The molecule has 2 amide bonds. The highest BCUT2D eigenvalue weighted by atomic mass is 16.6. The van der Waals surface area contributed by atoms with Crippen molar-refractivity contribution in [3.05, 3.63) is 0 Å². The molecule has 6 heteroatoms. The van der Waals surface area contributed by atoms with E-state index >= 15 is 0 Å². The number of piperidine rings is 2. The maximum Gasteiger partial charge on any atom is 0.410 e. The normalized spacial score (nSPS) is 28.4. The average Bonchev–Trinajstić information content (AvgIpc) is 2.90. The highest BCUT2D eigenvalue weighted by Gasteiger charge is 2.50. The first-order chi connectivity index (χ1) is 12.6. The van der Waals surface area contributed by atoms with E-state index in [4.69, 9.17) is 4.74 Å². The maximum absolute atomic E-state index is 13.1. The standard InChI is InChI=1S/C21H37N3O3/c1-16(2)24-14-10-21(18(24)25)9-6-11-23(15-21)17-7-12-22(13-8-17)19(26)27-20(3,4)5/h16-17H,6-15H2,1-5H3. The van der Waals surface area contributed by atoms with Gasteiger partial charge in [0, 0.05) is 38.3 Å². The number of carbonyl (C=O) groups excluding carboxylic acids is 2. The highest BCUT2D eigenvalue weighted by Crippen LogP contribution is 2.42. The summed E-state index contributed by atoms with van der Waals surface area (Å²) in [4.78, 5) is 31.8. The largest absolute Gasteiger partial charge is 0.444 e. The van der Waals surface area contributed by atoms with E-state index in [-0.39, 0.29) is 11.5 Å². The van der Waals surface area contributed by atoms with Crippen LogP contribution in [0.4, 0.5) is 4.79 Å². The maximum atomic E-state index is 13.1. The molecule has 0 bridgehead atoms. The van der Waals surface area contributed by atoms with Gasteiger partial charge in [-0.2, -0.15) is 0 Å². The van der Waals surface area contributed by atoms with Crippen LogP contribution < -0.4 is 0 Å². The van der Waals surface area contributed by atoms with Crippen molar-refractivity contribution in [3.63, 3.8) is 0 Å². The Morgan fingerprint density at radius 3 is 2.33 bits per heavy atom. The molecular formula is C21H37N3O3. The molecule has 3 rings (SSSR count). The molecule has 27 heavy (non-hydrogen) atoms. The second kappa shape index (κ2) is 7.61. The molecule has 0 saturated carbocycles. The molecular weight excluding hydrogens is 342 g/mol. The van der Waals surface area contributed by atoms with Gasteiger partial charge in [-0.1, -0.05) is 0 Å². The fraction of sp³-hybridized carbons (Fsp3) is 0.905. The van der Waals surface area contributed by atoms with Crippen molar-refractivity contribution in [1.82, 2.24) is 14.7 Å². The van der Waals surface area contributed by atoms with Crippen LogP contribution in [0.25, 0.3) is 0 Å². The molecule has 3 aliphatic rings. The van der Waals surface area contributed by atoms with Gasteiger partial charge >= 0.3 is 6.09 Å². The van der Waals surface area contributed by atoms with Crippen LogP contribution in [0.3, 0.4) is 0 Å². The van der Waals surface area contributed by atoms with E-state index in [1.54, 1.807) is 0 Å². The number of hydrogen-bond acceptors (Lipinski definition) is 4. The Kier molecular flexibility index (Phi) is 5.76. The van der Waals surface area contributed by atoms with Crippen LogP contribution in [0.5, 0.6) is 0 Å². The number of rotatable bonds is 2. The SMILES string of the molecule is CC(C)N1CCC2(CCCN(C3CCN(C(=O)OC(C)(C)C)CC3)C2)C1=O. The summed E-state index contributed by atoms with van der Waals surface area (Å²) < 4.78 is 5.51. The van der Waals surface area contributed by atoms with Crippen LogP contribution in [0, 0.1) is 5.41 Å². The molecule has 1 unspecified atom stereocenters. The fourth-order valence-corrected chi connectivity index (χ4v) is 4.94. The lowest BCUT2D eigenvalue weighted by Gasteiger charge is -2.45. The fourth-order valence-electron chi connectivity index (χ4n) is 4.94. The van der Waals surface area contributed by atoms with E-state index in [2.05, 4.69) is 23.6 Å². The monoisotopic (exact) mass is 379 g/mol. The highest BCUT2D eigenvalue weighted by molar-refractivity contribution is 5.85. The van der Waals surface area contributed by atoms with Crippen LogP contribution in [0.1, 0.15) is 66.7 Å². The Labute approximate surface area is 164 Å². The number of nitrogens with zero attached hydrogens (tertiary/aromatic N) is 3. The molecule has 0 aliphatic carbocycles. The van der Waals surface area contributed by atoms with Crippen molar-refractivity contribution in [2.45, 2.75) is 84.4 Å². The Morgan fingerprint density at radius 2 is 1.78 bits per heavy atom. The second-order valence-corrected chi connectivity index (χ2v) is 9.90. The summed E-state index contributed by atoms with van der Waals surface area (Å²) in [6, 6.07) is 0.770. The molecule has 0 aromatic rings. The van der Waals surface area contributed by atoms with Gasteiger partial charge in [0.15, 0.2) is 0 Å². The van der Waals surface area contributed by atoms with E-state index in [9.17, 15) is 9.59 Å². The molecule has 0 aromatic heterocycles. The van der Waals surface area contributed by atoms with Gasteiger partial charge in [0.2, 0.25) is 5.91 Å². The first kappa shape index (κ1) is 20.4. The zero-order valence-electron chi connectivity index (χ0n) is 17.8. The zero-order valence-corrected chi connectivity index (χ0v) is 17.8. The minimum Gasteiger partial charge on any atom is -0.444 e. The van der Waals surface area contributed by atoms with Crippen molar-refractivity contribution in [3.8, 4) is 0 Å². The summed E-state index contributed by atoms with van der Waals surface area (Å²) in [6.07, 6.45) is 4.87. The van der Waals surface area contributed by atoms with E-state index in [1.807, 2.05) is 25.7 Å². The molecule has 154 valence electrons. The molecule has 3 aliphatic heterocycles. The number of ether oxygens (including phenoxy) is 1. The summed E-state index contributed by atoms with van der Waals surface area (Å²) in [5, 5.41) is 0.